The zero-order chi connectivity index (χ0) is 15.5. The molecule has 0 saturated heterocycles. The summed E-state index contributed by atoms with van der Waals surface area (Å²) in [4.78, 5) is 16.7. The zero-order valence-corrected chi connectivity index (χ0v) is 12.6. The van der Waals surface area contributed by atoms with Crippen molar-refractivity contribution in [3.63, 3.8) is 0 Å². The van der Waals surface area contributed by atoms with E-state index in [1.165, 1.54) is 17.7 Å². The van der Waals surface area contributed by atoms with E-state index in [-0.39, 0.29) is 0 Å². The monoisotopic (exact) mass is 322 g/mol. The topological polar surface area (TPSA) is 94.1 Å². The first-order valence-electron chi connectivity index (χ1n) is 6.77. The van der Waals surface area contributed by atoms with E-state index in [0.717, 1.165) is 16.1 Å². The van der Waals surface area contributed by atoms with Crippen molar-refractivity contribution in [1.29, 1.82) is 0 Å². The number of nitrogens with zero attached hydrogens (tertiary/aromatic N) is 8. The number of hydrogen-bond donors (Lipinski definition) is 0. The lowest BCUT2D eigenvalue weighted by Gasteiger charge is -1.97. The summed E-state index contributed by atoms with van der Waals surface area (Å²) >= 11 is 1.49. The average molecular weight is 322 g/mol. The van der Waals surface area contributed by atoms with E-state index in [1.807, 2.05) is 17.5 Å². The number of fused-ring (bicyclic) bond motifs is 1. The fraction of sp³-hybridized carbons (Fsp3) is 0.0714. The summed E-state index contributed by atoms with van der Waals surface area (Å²) < 4.78 is 1.67. The molecule has 0 aliphatic heterocycles. The Morgan fingerprint density at radius 3 is 2.83 bits per heavy atom. The molecule has 4 rings (SSSR count). The van der Waals surface area contributed by atoms with Crippen molar-refractivity contribution in [2.45, 2.75) is 6.54 Å². The van der Waals surface area contributed by atoms with Crippen molar-refractivity contribution in [3.8, 4) is 5.13 Å². The number of pyridine rings is 1. The van der Waals surface area contributed by atoms with Gasteiger partial charge in [-0.05, 0) is 17.7 Å². The minimum Gasteiger partial charge on any atom is -0.265 e. The second-order valence-corrected chi connectivity index (χ2v) is 5.43. The molecule has 0 spiro atoms. The second kappa shape index (κ2) is 5.97. The van der Waals surface area contributed by atoms with Crippen molar-refractivity contribution < 1.29 is 0 Å². The van der Waals surface area contributed by atoms with Crippen LogP contribution in [0, 0.1) is 0 Å². The van der Waals surface area contributed by atoms with Gasteiger partial charge in [0.1, 0.15) is 6.33 Å². The molecule has 0 N–H and O–H groups in total. The maximum absolute atomic E-state index is 4.32. The lowest BCUT2D eigenvalue weighted by molar-refractivity contribution is 0.883. The quantitative estimate of drug-likeness (QED) is 0.538. The lowest BCUT2D eigenvalue weighted by Crippen LogP contribution is -1.96. The van der Waals surface area contributed by atoms with E-state index in [1.54, 1.807) is 29.5 Å². The number of hydrogen-bond acceptors (Lipinski definition) is 8. The molecule has 8 nitrogen and oxygen atoms in total. The van der Waals surface area contributed by atoms with Crippen LogP contribution >= 0.6 is 11.3 Å². The Balaban J connectivity index is 1.66. The summed E-state index contributed by atoms with van der Waals surface area (Å²) in [5.74, 6) is 0.492. The molecule has 4 heterocycles. The van der Waals surface area contributed by atoms with Gasteiger partial charge in [0.25, 0.3) is 0 Å². The summed E-state index contributed by atoms with van der Waals surface area (Å²) in [5, 5.41) is 16.1. The van der Waals surface area contributed by atoms with Gasteiger partial charge in [0.15, 0.2) is 11.5 Å². The van der Waals surface area contributed by atoms with Crippen LogP contribution in [0.1, 0.15) is 5.56 Å². The van der Waals surface area contributed by atoms with Crippen molar-refractivity contribution in [3.05, 3.63) is 54.2 Å². The van der Waals surface area contributed by atoms with Crippen molar-refractivity contribution in [2.24, 2.45) is 10.2 Å². The molecule has 0 aromatic carbocycles. The molecule has 0 saturated carbocycles. The minimum atomic E-state index is 0.467. The Bertz CT molecular complexity index is 946. The van der Waals surface area contributed by atoms with Gasteiger partial charge in [-0.3, -0.25) is 4.98 Å². The summed E-state index contributed by atoms with van der Waals surface area (Å²) in [5.41, 5.74) is 1.69. The van der Waals surface area contributed by atoms with E-state index in [9.17, 15) is 0 Å². The third-order valence-electron chi connectivity index (χ3n) is 3.11. The van der Waals surface area contributed by atoms with Crippen LogP contribution in [0.3, 0.4) is 0 Å². The second-order valence-electron chi connectivity index (χ2n) is 4.56. The fourth-order valence-corrected chi connectivity index (χ4v) is 2.64. The van der Waals surface area contributed by atoms with Gasteiger partial charge in [0.2, 0.25) is 5.13 Å². The van der Waals surface area contributed by atoms with Crippen LogP contribution in [0.4, 0.5) is 5.82 Å². The van der Waals surface area contributed by atoms with Gasteiger partial charge in [-0.15, -0.1) is 16.5 Å². The normalized spacial score (nSPS) is 11.5. The summed E-state index contributed by atoms with van der Waals surface area (Å²) in [6.07, 6.45) is 8.31. The van der Waals surface area contributed by atoms with Crippen LogP contribution < -0.4 is 0 Å². The molecule has 4 aromatic heterocycles. The average Bonchev–Trinajstić information content (AvgIpc) is 3.25. The number of rotatable bonds is 4. The van der Waals surface area contributed by atoms with E-state index in [2.05, 4.69) is 35.3 Å². The molecule has 0 unspecified atom stereocenters. The predicted molar refractivity (Wildman–Crippen MR) is 84.8 cm³/mol. The highest BCUT2D eigenvalue weighted by atomic mass is 32.1. The minimum absolute atomic E-state index is 0.467. The molecule has 0 aliphatic carbocycles. The van der Waals surface area contributed by atoms with E-state index in [4.69, 9.17) is 0 Å². The van der Waals surface area contributed by atoms with E-state index < -0.39 is 0 Å². The third kappa shape index (κ3) is 2.69. The molecule has 0 amide bonds. The van der Waals surface area contributed by atoms with Crippen LogP contribution in [-0.4, -0.2) is 29.7 Å². The Labute approximate surface area is 134 Å². The van der Waals surface area contributed by atoms with Crippen molar-refractivity contribution in [1.82, 2.24) is 29.7 Å². The molecule has 0 fully saturated rings. The lowest BCUT2D eigenvalue weighted by atomic mass is 10.3. The largest absolute Gasteiger partial charge is 0.265 e. The summed E-state index contributed by atoms with van der Waals surface area (Å²) in [6, 6.07) is 3.80. The molecular weight excluding hydrogens is 312 g/mol. The molecule has 9 heteroatoms. The maximum atomic E-state index is 4.32. The Kier molecular flexibility index (Phi) is 3.53. The van der Waals surface area contributed by atoms with E-state index in [0.29, 0.717) is 18.0 Å². The molecule has 112 valence electrons. The van der Waals surface area contributed by atoms with Gasteiger partial charge < -0.3 is 0 Å². The molecule has 23 heavy (non-hydrogen) atoms. The van der Waals surface area contributed by atoms with Crippen molar-refractivity contribution >= 4 is 28.2 Å². The van der Waals surface area contributed by atoms with E-state index >= 15 is 0 Å². The Hall–Kier alpha value is -3.07. The highest BCUT2D eigenvalue weighted by Crippen LogP contribution is 2.24. The third-order valence-corrected chi connectivity index (χ3v) is 3.86. The van der Waals surface area contributed by atoms with Crippen molar-refractivity contribution in [2.75, 3.05) is 0 Å². The van der Waals surface area contributed by atoms with Gasteiger partial charge in [0.05, 0.1) is 18.1 Å². The van der Waals surface area contributed by atoms with Crippen LogP contribution in [0.15, 0.2) is 58.9 Å². The van der Waals surface area contributed by atoms with Crippen LogP contribution in [0.25, 0.3) is 16.2 Å². The predicted octanol–water partition coefficient (Wildman–Crippen LogP) is 2.95. The zero-order valence-electron chi connectivity index (χ0n) is 11.8. The smallest absolute Gasteiger partial charge is 0.212 e. The number of aromatic nitrogens is 6. The van der Waals surface area contributed by atoms with Gasteiger partial charge in [-0.1, -0.05) is 0 Å². The molecule has 0 radical (unpaired) electrons. The Morgan fingerprint density at radius 2 is 2.00 bits per heavy atom. The molecule has 0 bridgehead atoms. The van der Waals surface area contributed by atoms with Gasteiger partial charge in [-0.2, -0.15) is 14.9 Å². The van der Waals surface area contributed by atoms with Gasteiger partial charge >= 0.3 is 0 Å². The van der Waals surface area contributed by atoms with Crippen LogP contribution in [-0.2, 0) is 6.54 Å². The first-order valence-corrected chi connectivity index (χ1v) is 7.65. The fourth-order valence-electron chi connectivity index (χ4n) is 2.04. The maximum Gasteiger partial charge on any atom is 0.212 e. The highest BCUT2D eigenvalue weighted by Gasteiger charge is 2.12. The SMILES string of the molecule is c1cc(CN=Nc2ncnc3c2cnn3-c2nccs2)ccn1. The Morgan fingerprint density at radius 1 is 1.09 bits per heavy atom. The summed E-state index contributed by atoms with van der Waals surface area (Å²) in [7, 11) is 0. The molecule has 4 aromatic rings. The number of azo groups is 1. The van der Waals surface area contributed by atoms with Crippen LogP contribution in [0.5, 0.6) is 0 Å². The standard InChI is InChI=1S/C14H10N8S/c1-3-15-4-2-10(1)7-19-21-12-11-8-20-22(13(11)18-9-17-12)14-16-5-6-23-14/h1-6,8-9H,7H2. The van der Waals surface area contributed by atoms with Crippen LogP contribution in [0.2, 0.25) is 0 Å². The number of thiazole rings is 1. The van der Waals surface area contributed by atoms with Gasteiger partial charge in [-0.25, -0.2) is 15.0 Å². The highest BCUT2D eigenvalue weighted by molar-refractivity contribution is 7.12. The van der Waals surface area contributed by atoms with Gasteiger partial charge in [0, 0.05) is 24.0 Å². The molecular formula is C14H10N8S. The first-order chi connectivity index (χ1) is 11.4. The summed E-state index contributed by atoms with van der Waals surface area (Å²) in [6.45, 7) is 0.467. The molecule has 0 atom stereocenters. The first kappa shape index (κ1) is 13.6. The molecule has 0 aliphatic rings.